The Morgan fingerprint density at radius 3 is 2.47 bits per heavy atom. The zero-order valence-corrected chi connectivity index (χ0v) is 19.6. The van der Waals surface area contributed by atoms with Gasteiger partial charge in [0.25, 0.3) is 0 Å². The topological polar surface area (TPSA) is 72.1 Å². The van der Waals surface area contributed by atoms with Crippen molar-refractivity contribution in [2.45, 2.75) is 38.3 Å². The molecule has 0 aliphatic carbocycles. The van der Waals surface area contributed by atoms with E-state index in [1.165, 1.54) is 31.2 Å². The number of benzene rings is 1. The molecule has 1 unspecified atom stereocenters. The van der Waals surface area contributed by atoms with Crippen molar-refractivity contribution in [3.05, 3.63) is 23.9 Å². The summed E-state index contributed by atoms with van der Waals surface area (Å²) in [7, 11) is 4.90. The molecular weight excluding hydrogens is 408 g/mol. The third-order valence-corrected chi connectivity index (χ3v) is 6.68. The number of aromatic amines is 1. The van der Waals surface area contributed by atoms with E-state index in [1.807, 2.05) is 18.3 Å². The van der Waals surface area contributed by atoms with Crippen LogP contribution in [-0.2, 0) is 11.3 Å². The van der Waals surface area contributed by atoms with Gasteiger partial charge in [-0.15, -0.1) is 0 Å². The van der Waals surface area contributed by atoms with Crippen molar-refractivity contribution in [2.75, 3.05) is 60.7 Å². The van der Waals surface area contributed by atoms with Gasteiger partial charge in [-0.3, -0.25) is 14.9 Å². The lowest BCUT2D eigenvalue weighted by Crippen LogP contribution is -2.43. The fraction of sp³-hybridized carbons (Fsp3) is 0.625. The molecular formula is C24H36N4O4. The average molecular weight is 445 g/mol. The molecule has 176 valence electrons. The number of nitrogens with one attached hydrogen (secondary N) is 1. The number of morpholine rings is 1. The number of piperidine rings is 1. The second-order valence-electron chi connectivity index (χ2n) is 8.55. The molecule has 0 saturated carbocycles. The van der Waals surface area contributed by atoms with Crippen molar-refractivity contribution in [2.24, 2.45) is 0 Å². The highest BCUT2D eigenvalue weighted by atomic mass is 16.5. The van der Waals surface area contributed by atoms with Crippen LogP contribution in [0.1, 0.15) is 31.2 Å². The second kappa shape index (κ2) is 11.0. The molecule has 4 rings (SSSR count). The maximum absolute atomic E-state index is 5.55. The molecule has 0 spiro atoms. The smallest absolute Gasteiger partial charge is 0.203 e. The van der Waals surface area contributed by atoms with Gasteiger partial charge >= 0.3 is 0 Å². The summed E-state index contributed by atoms with van der Waals surface area (Å²) < 4.78 is 22.1. The zero-order valence-electron chi connectivity index (χ0n) is 19.6. The first-order valence-electron chi connectivity index (χ1n) is 11.6. The van der Waals surface area contributed by atoms with E-state index >= 15 is 0 Å². The lowest BCUT2D eigenvalue weighted by Gasteiger charge is -2.37. The first-order chi connectivity index (χ1) is 15.7. The minimum absolute atomic E-state index is 0.596. The van der Waals surface area contributed by atoms with Gasteiger partial charge in [0.15, 0.2) is 11.5 Å². The van der Waals surface area contributed by atoms with Crippen LogP contribution in [0, 0.1) is 0 Å². The molecule has 2 fully saturated rings. The van der Waals surface area contributed by atoms with E-state index in [2.05, 4.69) is 20.0 Å². The highest BCUT2D eigenvalue weighted by Crippen LogP contribution is 2.41. The standard InChI is InChI=1S/C24H36N4O4/c1-29-21-14-18(15-22(30-2)24(21)31-3)23-19(16-25-26-23)17-28-8-5-4-6-20(28)7-9-27-10-12-32-13-11-27/h14-16,20H,4-13,17H2,1-3H3,(H,25,26). The number of ether oxygens (including phenoxy) is 4. The number of H-pyrrole nitrogens is 1. The van der Waals surface area contributed by atoms with Gasteiger partial charge in [0.1, 0.15) is 0 Å². The Hall–Kier alpha value is -2.29. The lowest BCUT2D eigenvalue weighted by atomic mass is 9.97. The highest BCUT2D eigenvalue weighted by molar-refractivity contribution is 5.70. The lowest BCUT2D eigenvalue weighted by molar-refractivity contribution is 0.0302. The van der Waals surface area contributed by atoms with Crippen molar-refractivity contribution >= 4 is 0 Å². The fourth-order valence-electron chi connectivity index (χ4n) is 4.88. The van der Waals surface area contributed by atoms with Crippen LogP contribution in [0.3, 0.4) is 0 Å². The Balaban J connectivity index is 1.50. The molecule has 8 heteroatoms. The summed E-state index contributed by atoms with van der Waals surface area (Å²) in [6.07, 6.45) is 6.99. The van der Waals surface area contributed by atoms with Crippen LogP contribution in [-0.4, -0.2) is 86.8 Å². The van der Waals surface area contributed by atoms with Crippen LogP contribution < -0.4 is 14.2 Å². The van der Waals surface area contributed by atoms with Gasteiger partial charge in [-0.1, -0.05) is 6.42 Å². The van der Waals surface area contributed by atoms with Gasteiger partial charge in [0.05, 0.1) is 46.4 Å². The van der Waals surface area contributed by atoms with E-state index in [9.17, 15) is 0 Å². The second-order valence-corrected chi connectivity index (χ2v) is 8.55. The Kier molecular flexibility index (Phi) is 7.89. The first kappa shape index (κ1) is 22.9. The molecule has 0 amide bonds. The molecule has 2 aliphatic heterocycles. The molecule has 0 radical (unpaired) electrons. The van der Waals surface area contributed by atoms with E-state index in [4.69, 9.17) is 18.9 Å². The van der Waals surface area contributed by atoms with E-state index in [0.717, 1.165) is 57.2 Å². The van der Waals surface area contributed by atoms with Crippen LogP contribution >= 0.6 is 0 Å². The van der Waals surface area contributed by atoms with Crippen molar-refractivity contribution in [1.29, 1.82) is 0 Å². The summed E-state index contributed by atoms with van der Waals surface area (Å²) in [5.41, 5.74) is 3.17. The number of aromatic nitrogens is 2. The molecule has 2 saturated heterocycles. The largest absolute Gasteiger partial charge is 0.493 e. The van der Waals surface area contributed by atoms with Crippen LogP contribution in [0.4, 0.5) is 0 Å². The van der Waals surface area contributed by atoms with Gasteiger partial charge in [-0.25, -0.2) is 0 Å². The number of hydrogen-bond donors (Lipinski definition) is 1. The summed E-state index contributed by atoms with van der Waals surface area (Å²) >= 11 is 0. The summed E-state index contributed by atoms with van der Waals surface area (Å²) in [5.74, 6) is 1.88. The Bertz CT molecular complexity index is 840. The van der Waals surface area contributed by atoms with Crippen LogP contribution in [0.25, 0.3) is 11.3 Å². The van der Waals surface area contributed by atoms with Crippen LogP contribution in [0.2, 0.25) is 0 Å². The van der Waals surface area contributed by atoms with E-state index < -0.39 is 0 Å². The molecule has 3 heterocycles. The predicted octanol–water partition coefficient (Wildman–Crippen LogP) is 3.18. The molecule has 8 nitrogen and oxygen atoms in total. The van der Waals surface area contributed by atoms with Crippen molar-refractivity contribution in [3.8, 4) is 28.5 Å². The Morgan fingerprint density at radius 1 is 1.03 bits per heavy atom. The van der Waals surface area contributed by atoms with Gasteiger partial charge in [-0.05, 0) is 44.5 Å². The zero-order chi connectivity index (χ0) is 22.3. The summed E-state index contributed by atoms with van der Waals surface area (Å²) in [6.45, 7) is 7.00. The van der Waals surface area contributed by atoms with Gasteiger partial charge in [0, 0.05) is 36.8 Å². The Morgan fingerprint density at radius 2 is 1.78 bits per heavy atom. The summed E-state index contributed by atoms with van der Waals surface area (Å²) in [4.78, 5) is 5.17. The first-order valence-corrected chi connectivity index (χ1v) is 11.6. The maximum Gasteiger partial charge on any atom is 0.203 e. The molecule has 32 heavy (non-hydrogen) atoms. The van der Waals surface area contributed by atoms with Gasteiger partial charge < -0.3 is 18.9 Å². The summed E-state index contributed by atoms with van der Waals surface area (Å²) in [5, 5.41) is 7.57. The van der Waals surface area contributed by atoms with E-state index in [-0.39, 0.29) is 0 Å². The molecule has 2 aromatic rings. The third-order valence-electron chi connectivity index (χ3n) is 6.68. The molecule has 1 aromatic heterocycles. The number of hydrogen-bond acceptors (Lipinski definition) is 7. The van der Waals surface area contributed by atoms with Crippen LogP contribution in [0.5, 0.6) is 17.2 Å². The van der Waals surface area contributed by atoms with E-state index in [1.54, 1.807) is 21.3 Å². The van der Waals surface area contributed by atoms with Gasteiger partial charge in [0.2, 0.25) is 5.75 Å². The molecule has 2 aliphatic rings. The SMILES string of the molecule is COc1cc(-c2[nH]ncc2CN2CCCCC2CCN2CCOCC2)cc(OC)c1OC. The molecule has 1 aromatic carbocycles. The predicted molar refractivity (Wildman–Crippen MR) is 124 cm³/mol. The fourth-order valence-corrected chi connectivity index (χ4v) is 4.88. The monoisotopic (exact) mass is 444 g/mol. The quantitative estimate of drug-likeness (QED) is 0.637. The minimum atomic E-state index is 0.596. The van der Waals surface area contributed by atoms with E-state index in [0.29, 0.717) is 23.3 Å². The third kappa shape index (κ3) is 5.19. The summed E-state index contributed by atoms with van der Waals surface area (Å²) in [6, 6.07) is 4.56. The highest BCUT2D eigenvalue weighted by Gasteiger charge is 2.25. The Labute approximate surface area is 190 Å². The minimum Gasteiger partial charge on any atom is -0.493 e. The van der Waals surface area contributed by atoms with Gasteiger partial charge in [-0.2, -0.15) is 5.10 Å². The molecule has 1 N–H and O–H groups in total. The maximum atomic E-state index is 5.55. The van der Waals surface area contributed by atoms with Crippen molar-refractivity contribution in [3.63, 3.8) is 0 Å². The number of nitrogens with zero attached hydrogens (tertiary/aromatic N) is 3. The average Bonchev–Trinajstić information content (AvgIpc) is 3.31. The normalized spacial score (nSPS) is 20.3. The molecule has 0 bridgehead atoms. The van der Waals surface area contributed by atoms with Crippen molar-refractivity contribution < 1.29 is 18.9 Å². The van der Waals surface area contributed by atoms with Crippen molar-refractivity contribution in [1.82, 2.24) is 20.0 Å². The molecule has 1 atom stereocenters. The number of methoxy groups -OCH3 is 3. The van der Waals surface area contributed by atoms with Crippen LogP contribution in [0.15, 0.2) is 18.3 Å². The number of rotatable bonds is 9. The number of likely N-dealkylation sites (tertiary alicyclic amines) is 1.